The molecule has 3 atom stereocenters. The molecule has 0 aliphatic carbocycles. The van der Waals surface area contributed by atoms with Crippen molar-refractivity contribution in [2.75, 3.05) is 0 Å². The van der Waals surface area contributed by atoms with Crippen LogP contribution < -0.4 is 0 Å². The molecule has 32 heavy (non-hydrogen) atoms. The fourth-order valence-corrected chi connectivity index (χ4v) is 5.59. The Morgan fingerprint density at radius 1 is 1.09 bits per heavy atom. The fraction of sp³-hybridized carbons (Fsp3) is 0.280. The highest BCUT2D eigenvalue weighted by atomic mass is 16.1. The molecule has 0 spiro atoms. The zero-order valence-corrected chi connectivity index (χ0v) is 17.9. The van der Waals surface area contributed by atoms with Gasteiger partial charge in [0, 0.05) is 36.7 Å². The van der Waals surface area contributed by atoms with Crippen molar-refractivity contribution in [3.8, 4) is 16.9 Å². The van der Waals surface area contributed by atoms with Crippen LogP contribution >= 0.6 is 0 Å². The van der Waals surface area contributed by atoms with Gasteiger partial charge in [-0.15, -0.1) is 0 Å². The Labute approximate surface area is 186 Å². The highest BCUT2D eigenvalue weighted by molar-refractivity contribution is 5.66. The van der Waals surface area contributed by atoms with E-state index in [2.05, 4.69) is 57.4 Å². The number of benzene rings is 2. The van der Waals surface area contributed by atoms with Crippen LogP contribution in [0.25, 0.3) is 16.9 Å². The molecule has 1 fully saturated rings. The first kappa shape index (κ1) is 19.1. The third kappa shape index (κ3) is 2.85. The highest BCUT2D eigenvalue weighted by Gasteiger charge is 2.49. The number of fused-ring (bicyclic) bond motifs is 2. The number of rotatable bonds is 5. The number of hydrogen-bond acceptors (Lipinski definition) is 5. The number of carbonyl (C=O) groups is 1. The number of hydrogen-bond donors (Lipinski definition) is 0. The molecule has 7 nitrogen and oxygen atoms in total. The van der Waals surface area contributed by atoms with E-state index in [1.54, 1.807) is 12.7 Å². The number of aryl methyl sites for hydroxylation is 1. The van der Waals surface area contributed by atoms with Gasteiger partial charge in [0.05, 0.1) is 23.1 Å². The van der Waals surface area contributed by atoms with Crippen LogP contribution in [0.4, 0.5) is 0 Å². The number of nitrogens with zero attached hydrogens (tertiary/aromatic N) is 6. The van der Waals surface area contributed by atoms with Gasteiger partial charge in [0.15, 0.2) is 0 Å². The first-order chi connectivity index (χ1) is 15.8. The second-order valence-corrected chi connectivity index (χ2v) is 8.58. The summed E-state index contributed by atoms with van der Waals surface area (Å²) in [6.45, 7) is 0. The van der Waals surface area contributed by atoms with E-state index in [0.717, 1.165) is 30.5 Å². The van der Waals surface area contributed by atoms with Crippen LogP contribution in [0.15, 0.2) is 67.3 Å². The zero-order chi connectivity index (χ0) is 21.7. The van der Waals surface area contributed by atoms with Crippen LogP contribution in [-0.4, -0.2) is 41.8 Å². The summed E-state index contributed by atoms with van der Waals surface area (Å²) in [6.07, 6.45) is 6.76. The Morgan fingerprint density at radius 3 is 2.69 bits per heavy atom. The van der Waals surface area contributed by atoms with E-state index < -0.39 is 0 Å². The molecular formula is C25H24N6O. The molecular weight excluding hydrogens is 400 g/mol. The monoisotopic (exact) mass is 424 g/mol. The highest BCUT2D eigenvalue weighted by Crippen LogP contribution is 2.52. The molecule has 7 heteroatoms. The van der Waals surface area contributed by atoms with Crippen molar-refractivity contribution in [1.29, 1.82) is 0 Å². The van der Waals surface area contributed by atoms with E-state index in [1.165, 1.54) is 22.4 Å². The van der Waals surface area contributed by atoms with Crippen molar-refractivity contribution in [3.05, 3.63) is 84.1 Å². The molecule has 2 aliphatic rings. The molecule has 4 heterocycles. The number of para-hydroxylation sites is 1. The maximum absolute atomic E-state index is 11.7. The predicted octanol–water partition coefficient (Wildman–Crippen LogP) is 3.67. The van der Waals surface area contributed by atoms with Crippen molar-refractivity contribution in [1.82, 2.24) is 29.4 Å². The SMILES string of the molecule is Cn1nc2c(c1-c1ccccc1)CC1CC(c3ccccc3-n3cncn3)N1C2CC=O. The van der Waals surface area contributed by atoms with E-state index in [1.807, 2.05) is 28.5 Å². The number of aromatic nitrogens is 5. The molecule has 4 aromatic rings. The minimum atomic E-state index is -0.0209. The first-order valence-corrected chi connectivity index (χ1v) is 11.0. The summed E-state index contributed by atoms with van der Waals surface area (Å²) in [5, 5.41) is 9.28. The molecule has 3 unspecified atom stereocenters. The normalized spacial score (nSPS) is 22.1. The smallest absolute Gasteiger partial charge is 0.138 e. The lowest BCUT2D eigenvalue weighted by Gasteiger charge is -2.55. The van der Waals surface area contributed by atoms with E-state index in [9.17, 15) is 4.79 Å². The van der Waals surface area contributed by atoms with Crippen LogP contribution in [-0.2, 0) is 18.3 Å². The average Bonchev–Trinajstić information content (AvgIpc) is 3.44. The lowest BCUT2D eigenvalue weighted by molar-refractivity contribution is -0.112. The molecule has 0 amide bonds. The van der Waals surface area contributed by atoms with Gasteiger partial charge < -0.3 is 4.79 Å². The molecule has 0 radical (unpaired) electrons. The summed E-state index contributed by atoms with van der Waals surface area (Å²) in [4.78, 5) is 18.3. The quantitative estimate of drug-likeness (QED) is 0.457. The van der Waals surface area contributed by atoms with Crippen LogP contribution in [0.2, 0.25) is 0 Å². The molecule has 1 saturated heterocycles. The van der Waals surface area contributed by atoms with Crippen molar-refractivity contribution >= 4 is 6.29 Å². The summed E-state index contributed by atoms with van der Waals surface area (Å²) in [5.41, 5.74) is 6.92. The molecule has 0 bridgehead atoms. The summed E-state index contributed by atoms with van der Waals surface area (Å²) in [7, 11) is 2.01. The Morgan fingerprint density at radius 2 is 1.91 bits per heavy atom. The third-order valence-electron chi connectivity index (χ3n) is 6.90. The van der Waals surface area contributed by atoms with Crippen LogP contribution in [0.1, 0.15) is 41.7 Å². The molecule has 0 saturated carbocycles. The van der Waals surface area contributed by atoms with Crippen molar-refractivity contribution < 1.29 is 4.79 Å². The van der Waals surface area contributed by atoms with Gasteiger partial charge in [-0.05, 0) is 24.5 Å². The molecule has 160 valence electrons. The minimum absolute atomic E-state index is 0.0209. The maximum Gasteiger partial charge on any atom is 0.138 e. The first-order valence-electron chi connectivity index (χ1n) is 11.0. The zero-order valence-electron chi connectivity index (χ0n) is 17.9. The van der Waals surface area contributed by atoms with E-state index in [-0.39, 0.29) is 12.1 Å². The van der Waals surface area contributed by atoms with Crippen molar-refractivity contribution in [2.45, 2.75) is 37.4 Å². The number of aldehydes is 1. The van der Waals surface area contributed by atoms with Gasteiger partial charge >= 0.3 is 0 Å². The molecule has 2 aromatic heterocycles. The van der Waals surface area contributed by atoms with Crippen LogP contribution in [0.3, 0.4) is 0 Å². The predicted molar refractivity (Wildman–Crippen MR) is 120 cm³/mol. The van der Waals surface area contributed by atoms with E-state index >= 15 is 0 Å². The van der Waals surface area contributed by atoms with Gasteiger partial charge in [-0.3, -0.25) is 9.58 Å². The third-order valence-corrected chi connectivity index (χ3v) is 6.90. The van der Waals surface area contributed by atoms with Gasteiger partial charge in [0.2, 0.25) is 0 Å². The standard InChI is InChI=1S/C25H24N6O/c1-29-25(17-7-3-2-4-8-17)20-13-18-14-23(31(18)22(11-12-32)24(20)28-29)19-9-5-6-10-21(19)30-16-26-15-27-30/h2-10,12,15-16,18,22-23H,11,13-14H2,1H3. The van der Waals surface area contributed by atoms with Crippen LogP contribution in [0.5, 0.6) is 0 Å². The summed E-state index contributed by atoms with van der Waals surface area (Å²) >= 11 is 0. The molecule has 0 N–H and O–H groups in total. The van der Waals surface area contributed by atoms with Crippen LogP contribution in [0, 0.1) is 0 Å². The van der Waals surface area contributed by atoms with Crippen molar-refractivity contribution in [3.63, 3.8) is 0 Å². The van der Waals surface area contributed by atoms with E-state index in [4.69, 9.17) is 5.10 Å². The Hall–Kier alpha value is -3.58. The second-order valence-electron chi connectivity index (χ2n) is 8.58. The largest absolute Gasteiger partial charge is 0.303 e. The molecule has 2 aliphatic heterocycles. The summed E-state index contributed by atoms with van der Waals surface area (Å²) < 4.78 is 3.81. The fourth-order valence-electron chi connectivity index (χ4n) is 5.59. The van der Waals surface area contributed by atoms with E-state index in [0.29, 0.717) is 12.5 Å². The minimum Gasteiger partial charge on any atom is -0.303 e. The lowest BCUT2D eigenvalue weighted by atomic mass is 9.76. The lowest BCUT2D eigenvalue weighted by Crippen LogP contribution is -2.55. The second kappa shape index (κ2) is 7.53. The van der Waals surface area contributed by atoms with Gasteiger partial charge in [0.1, 0.15) is 18.9 Å². The average molecular weight is 425 g/mol. The Bertz CT molecular complexity index is 1260. The summed E-state index contributed by atoms with van der Waals surface area (Å²) in [6, 6.07) is 19.4. The van der Waals surface area contributed by atoms with Gasteiger partial charge in [-0.25, -0.2) is 9.67 Å². The van der Waals surface area contributed by atoms with Gasteiger partial charge in [-0.1, -0.05) is 48.5 Å². The summed E-state index contributed by atoms with van der Waals surface area (Å²) in [5.74, 6) is 0. The molecule has 2 aromatic carbocycles. The topological polar surface area (TPSA) is 68.8 Å². The Kier molecular flexibility index (Phi) is 4.50. The Balaban J connectivity index is 1.42. The van der Waals surface area contributed by atoms with Gasteiger partial charge in [-0.2, -0.15) is 10.2 Å². The van der Waals surface area contributed by atoms with Gasteiger partial charge in [0.25, 0.3) is 0 Å². The molecule has 6 rings (SSSR count). The van der Waals surface area contributed by atoms with Crippen molar-refractivity contribution in [2.24, 2.45) is 7.05 Å². The number of carbonyl (C=O) groups excluding carboxylic acids is 1. The maximum atomic E-state index is 11.7.